The molecule has 122 heavy (non-hydrogen) atoms. The van der Waals surface area contributed by atoms with Crippen LogP contribution in [0.2, 0.25) is 0 Å². The van der Waals surface area contributed by atoms with Gasteiger partial charge in [-0.3, -0.25) is 91.7 Å². The molecule has 0 spiro atoms. The van der Waals surface area contributed by atoms with Gasteiger partial charge in [-0.2, -0.15) is 11.8 Å². The quantitative estimate of drug-likeness (QED) is 0.0166. The Hall–Kier alpha value is -12.2. The minimum atomic E-state index is -1.97. The number of nitrogens with one attached hydrogen (secondary N) is 17. The Balaban J connectivity index is 2.53. The van der Waals surface area contributed by atoms with Crippen LogP contribution >= 0.6 is 11.8 Å². The van der Waals surface area contributed by atoms with Gasteiger partial charge in [0.1, 0.15) is 84.6 Å². The number of primary amides is 1. The first-order chi connectivity index (χ1) is 57.5. The number of thioether (sulfide) groups is 1. The molecule has 1 heterocycles. The number of carboxylic acid groups (broad SMARTS) is 4. The fourth-order valence-corrected chi connectivity index (χ4v) is 11.8. The van der Waals surface area contributed by atoms with Crippen LogP contribution in [0.3, 0.4) is 0 Å². The van der Waals surface area contributed by atoms with Crippen molar-refractivity contribution in [3.8, 4) is 0 Å². The number of carbonyl (C=O) groups is 19. The van der Waals surface area contributed by atoms with Crippen LogP contribution in [-0.2, 0) is 104 Å². The molecule has 49 heteroatoms. The molecule has 15 amide bonds. The lowest BCUT2D eigenvalue weighted by Gasteiger charge is -2.28. The number of amides is 15. The molecule has 1 aromatic carbocycles. The molecule has 0 radical (unpaired) electrons. The highest BCUT2D eigenvalue weighted by Crippen LogP contribution is 2.14. The third-order valence-electron chi connectivity index (χ3n) is 18.3. The molecule has 48 nitrogen and oxygen atoms in total. The normalized spacial score (nSPS) is 14.9. The fraction of sp³-hybridized carbons (Fsp3) is 0.603. The highest BCUT2D eigenvalue weighted by molar-refractivity contribution is 7.98. The molecule has 33 N–H and O–H groups in total. The summed E-state index contributed by atoms with van der Waals surface area (Å²) in [4.78, 5) is 262. The van der Waals surface area contributed by atoms with E-state index in [2.05, 4.69) is 84.4 Å². The molecule has 680 valence electrons. The van der Waals surface area contributed by atoms with E-state index in [1.165, 1.54) is 45.1 Å². The molecule has 2 rings (SSSR count). The second-order valence-electron chi connectivity index (χ2n) is 28.4. The number of aliphatic hydroxyl groups is 2. The number of hydrogen-bond acceptors (Lipinski definition) is 27. The zero-order chi connectivity index (χ0) is 91.9. The van der Waals surface area contributed by atoms with E-state index < -0.39 is 273 Å². The van der Waals surface area contributed by atoms with Crippen molar-refractivity contribution in [2.24, 2.45) is 28.7 Å². The second kappa shape index (κ2) is 56.3. The lowest BCUT2D eigenvalue weighted by atomic mass is 10.0. The molecule has 0 aliphatic heterocycles. The van der Waals surface area contributed by atoms with E-state index in [4.69, 9.17) is 34.1 Å². The SMILES string of the molecule is CSCCC(NC(=O)C(Cc1c[nH]cn1)NC(=O)C(CCC(N)=O)NC(=O)C(CCCNC(=N)N)NC(=O)C(CCC(=O)O)NC(=O)C(Cc1ccccc1)NC(=O)C(CCCCN)NC(=O)C(C)NC(=O)C(C)NC(=O)C(C)NC(=O)C(NC(=O)C(CCC(=O)O)NC(=O)C(N)CCCCN)C(C)O)C(=O)NC(CC(=O)O)C(=O)NC(CO)C(=O)O. The van der Waals surface area contributed by atoms with Gasteiger partial charge in [-0.25, -0.2) is 9.78 Å². The van der Waals surface area contributed by atoms with Crippen LogP contribution in [0, 0.1) is 5.41 Å². The zero-order valence-electron chi connectivity index (χ0n) is 68.2. The van der Waals surface area contributed by atoms with Crippen LogP contribution in [0.15, 0.2) is 42.9 Å². The van der Waals surface area contributed by atoms with Crippen LogP contribution in [0.1, 0.15) is 142 Å². The van der Waals surface area contributed by atoms with E-state index in [9.17, 15) is 122 Å². The highest BCUT2D eigenvalue weighted by Gasteiger charge is 2.39. The molecular formula is C73H117N23O25S. The summed E-state index contributed by atoms with van der Waals surface area (Å²) in [5.41, 5.74) is 28.8. The van der Waals surface area contributed by atoms with E-state index in [1.54, 1.807) is 36.6 Å². The van der Waals surface area contributed by atoms with Crippen molar-refractivity contribution in [2.45, 2.75) is 240 Å². The molecule has 0 saturated heterocycles. The average molecular weight is 1750 g/mol. The summed E-state index contributed by atoms with van der Waals surface area (Å²) < 4.78 is 0. The maximum Gasteiger partial charge on any atom is 0.328 e. The number of H-pyrrole nitrogens is 1. The summed E-state index contributed by atoms with van der Waals surface area (Å²) >= 11 is 1.19. The van der Waals surface area contributed by atoms with Gasteiger partial charge < -0.3 is 144 Å². The number of rotatable bonds is 61. The minimum absolute atomic E-state index is 0.103. The Bertz CT molecular complexity index is 3870. The molecule has 0 aliphatic rings. The number of hydrogen-bond donors (Lipinski definition) is 28. The van der Waals surface area contributed by atoms with Crippen LogP contribution in [-0.4, -0.2) is 294 Å². The van der Waals surface area contributed by atoms with Gasteiger partial charge >= 0.3 is 23.9 Å². The van der Waals surface area contributed by atoms with Gasteiger partial charge in [0.05, 0.1) is 37.2 Å². The average Bonchev–Trinajstić information content (AvgIpc) is 1.40. The maximum atomic E-state index is 14.8. The predicted octanol–water partition coefficient (Wildman–Crippen LogP) is -9.43. The molecule has 16 atom stereocenters. The van der Waals surface area contributed by atoms with E-state index in [0.29, 0.717) is 31.4 Å². The monoisotopic (exact) mass is 1750 g/mol. The molecular weight excluding hydrogens is 1630 g/mol. The number of aromatic amines is 1. The summed E-state index contributed by atoms with van der Waals surface area (Å²) in [6, 6.07) is -16.8. The number of guanidine groups is 1. The first-order valence-electron chi connectivity index (χ1n) is 39.0. The molecule has 16 unspecified atom stereocenters. The largest absolute Gasteiger partial charge is 0.481 e. The predicted molar refractivity (Wildman–Crippen MR) is 433 cm³/mol. The van der Waals surface area contributed by atoms with Crippen LogP contribution < -0.4 is 108 Å². The Labute approximate surface area is 705 Å². The standard InChI is InChI=1S/C73H117N23O25S/c1-36(83-59(107)37(2)85-71(119)57(39(4)98)96-67(115)47(21-24-55(102)103)87-61(109)42(76)16-9-11-26-74)58(106)84-38(3)60(108)86-43(17-10-12-27-75)63(111)92-49(30-40-14-7-6-8-15-40)68(116)90-46(20-23-54(100)101)64(112)88-44(18-13-28-81-73(78)79)62(110)89-45(19-22-53(77)99)65(113)93-50(31-41-33-80-35-82-41)69(117)91-48(25-29-122-5)66(114)94-51(32-56(104)105)70(118)95-52(34-97)72(120)121/h6-8,14-15,33,35-39,42-52,57,97-98H,9-13,16-32,34,74-76H2,1-5H3,(H2,77,99)(H,80,82)(H,83,107)(H,84,106)(H,85,119)(H,86,108)(H,87,109)(H,88,112)(H,89,110)(H,90,116)(H,91,117)(H,92,111)(H,93,113)(H,94,114)(H,95,118)(H,96,115)(H,100,101)(H,102,103)(H,104,105)(H,120,121)(H4,78,79,81). The lowest BCUT2D eigenvalue weighted by Crippen LogP contribution is -2.61. The number of carbonyl (C=O) groups excluding carboxylic acids is 15. The zero-order valence-corrected chi connectivity index (χ0v) is 69.0. The van der Waals surface area contributed by atoms with Crippen LogP contribution in [0.5, 0.6) is 0 Å². The third kappa shape index (κ3) is 41.2. The Morgan fingerprint density at radius 2 is 0.828 bits per heavy atom. The van der Waals surface area contributed by atoms with Crippen molar-refractivity contribution in [3.63, 3.8) is 0 Å². The van der Waals surface area contributed by atoms with E-state index in [1.807, 2.05) is 5.32 Å². The number of unbranched alkanes of at least 4 members (excludes halogenated alkanes) is 2. The summed E-state index contributed by atoms with van der Waals surface area (Å²) in [6.45, 7) is 3.91. The Kier molecular flexibility index (Phi) is 48.9. The summed E-state index contributed by atoms with van der Waals surface area (Å²) in [5.74, 6) is -22.8. The van der Waals surface area contributed by atoms with Crippen molar-refractivity contribution in [2.75, 3.05) is 38.2 Å². The topological polar surface area (TPSA) is 809 Å². The summed E-state index contributed by atoms with van der Waals surface area (Å²) in [5, 5.41) is 102. The van der Waals surface area contributed by atoms with E-state index in [0.717, 1.165) is 6.92 Å². The number of nitrogens with two attached hydrogens (primary N) is 5. The number of imidazole rings is 1. The Morgan fingerprint density at radius 1 is 0.443 bits per heavy atom. The number of aromatic nitrogens is 2. The van der Waals surface area contributed by atoms with Crippen LogP contribution in [0.4, 0.5) is 0 Å². The van der Waals surface area contributed by atoms with Gasteiger partial charge in [-0.1, -0.05) is 36.8 Å². The molecule has 0 saturated carbocycles. The van der Waals surface area contributed by atoms with E-state index in [-0.39, 0.29) is 69.5 Å². The van der Waals surface area contributed by atoms with Gasteiger partial charge in [-0.05, 0) is 129 Å². The van der Waals surface area contributed by atoms with Crippen molar-refractivity contribution < 1.29 is 122 Å². The van der Waals surface area contributed by atoms with Gasteiger partial charge in [0.2, 0.25) is 88.6 Å². The Morgan fingerprint density at radius 3 is 1.25 bits per heavy atom. The number of aliphatic hydroxyl groups excluding tert-OH is 2. The van der Waals surface area contributed by atoms with Gasteiger partial charge in [-0.15, -0.1) is 0 Å². The molecule has 2 aromatic rings. The summed E-state index contributed by atoms with van der Waals surface area (Å²) in [7, 11) is 0. The minimum Gasteiger partial charge on any atom is -0.481 e. The van der Waals surface area contributed by atoms with Crippen molar-refractivity contribution in [3.05, 3.63) is 54.1 Å². The highest BCUT2D eigenvalue weighted by atomic mass is 32.2. The number of carboxylic acids is 4. The second-order valence-corrected chi connectivity index (χ2v) is 29.4. The first kappa shape index (κ1) is 106. The smallest absolute Gasteiger partial charge is 0.328 e. The molecule has 0 bridgehead atoms. The van der Waals surface area contributed by atoms with Crippen LogP contribution in [0.25, 0.3) is 0 Å². The van der Waals surface area contributed by atoms with Gasteiger partial charge in [0.15, 0.2) is 5.96 Å². The third-order valence-corrected chi connectivity index (χ3v) is 18.9. The van der Waals surface area contributed by atoms with E-state index >= 15 is 0 Å². The lowest BCUT2D eigenvalue weighted by molar-refractivity contribution is -0.144. The van der Waals surface area contributed by atoms with Crippen molar-refractivity contribution >= 4 is 130 Å². The molecule has 1 aromatic heterocycles. The number of benzene rings is 1. The van der Waals surface area contributed by atoms with Crippen molar-refractivity contribution in [1.29, 1.82) is 5.41 Å². The maximum absolute atomic E-state index is 14.8. The molecule has 0 aliphatic carbocycles. The van der Waals surface area contributed by atoms with Gasteiger partial charge in [0.25, 0.3) is 0 Å². The summed E-state index contributed by atoms with van der Waals surface area (Å²) in [6.07, 6.45) is -2.34. The van der Waals surface area contributed by atoms with Crippen molar-refractivity contribution in [1.82, 2.24) is 89.7 Å². The molecule has 0 fully saturated rings. The number of aliphatic carboxylic acids is 4. The van der Waals surface area contributed by atoms with Gasteiger partial charge in [0, 0.05) is 44.8 Å². The fourth-order valence-electron chi connectivity index (χ4n) is 11.4. The first-order valence-corrected chi connectivity index (χ1v) is 40.4. The number of nitrogens with zero attached hydrogens (tertiary/aromatic N) is 1.